The maximum Gasteiger partial charge on any atom is 0.324 e. The minimum Gasteiger partial charge on any atom is -0.308 e. The molecular weight excluding hydrogens is 420 g/mol. The Balaban J connectivity index is 1.85. The van der Waals surface area contributed by atoms with E-state index in [1.54, 1.807) is 23.1 Å². The summed E-state index contributed by atoms with van der Waals surface area (Å²) in [5.74, 6) is -0.233. The molecule has 7 nitrogen and oxygen atoms in total. The number of hydrogen-bond donors (Lipinski definition) is 0. The number of likely N-dealkylation sites (N-methyl/N-ethyl adjacent to an activating group) is 1. The van der Waals surface area contributed by atoms with Crippen molar-refractivity contribution in [2.45, 2.75) is 0 Å². The summed E-state index contributed by atoms with van der Waals surface area (Å²) in [5, 5.41) is 12.0. The van der Waals surface area contributed by atoms with Crippen LogP contribution in [0, 0.1) is 10.1 Å². The molecule has 0 N–H and O–H groups in total. The summed E-state index contributed by atoms with van der Waals surface area (Å²) in [6.07, 6.45) is 3.01. The second-order valence-corrected chi connectivity index (χ2v) is 8.71. The lowest BCUT2D eigenvalue weighted by Crippen LogP contribution is -2.35. The fourth-order valence-electron chi connectivity index (χ4n) is 2.38. The lowest BCUT2D eigenvalue weighted by atomic mass is 10.3. The van der Waals surface area contributed by atoms with Crippen LogP contribution in [-0.4, -0.2) is 47.9 Å². The van der Waals surface area contributed by atoms with Gasteiger partial charge in [0.1, 0.15) is 0 Å². The molecule has 28 heavy (non-hydrogen) atoms. The van der Waals surface area contributed by atoms with Crippen molar-refractivity contribution >= 4 is 66.6 Å². The van der Waals surface area contributed by atoms with Gasteiger partial charge in [-0.2, -0.15) is 0 Å². The molecule has 0 aliphatic rings. The van der Waals surface area contributed by atoms with Crippen LogP contribution >= 0.6 is 34.3 Å². The Bertz CT molecular complexity index is 1040. The van der Waals surface area contributed by atoms with E-state index in [4.69, 9.17) is 11.6 Å². The number of thiophene rings is 1. The predicted octanol–water partition coefficient (Wildman–Crippen LogP) is 4.53. The third-order valence-corrected chi connectivity index (χ3v) is 6.07. The van der Waals surface area contributed by atoms with Crippen LogP contribution in [0.3, 0.4) is 0 Å². The SMILES string of the molecule is CN(C)CCN(C(=O)/C=C/c1ccc([N+](=O)[O-])s1)c1nc2ccc(Cl)cc2s1. The van der Waals surface area contributed by atoms with Crippen LogP contribution in [-0.2, 0) is 4.79 Å². The maximum atomic E-state index is 12.8. The van der Waals surface area contributed by atoms with Crippen molar-refractivity contribution in [3.05, 3.63) is 56.4 Å². The molecule has 0 bridgehead atoms. The van der Waals surface area contributed by atoms with Crippen molar-refractivity contribution in [2.75, 3.05) is 32.1 Å². The van der Waals surface area contributed by atoms with Crippen LogP contribution in [0.5, 0.6) is 0 Å². The van der Waals surface area contributed by atoms with Crippen molar-refractivity contribution in [2.24, 2.45) is 0 Å². The lowest BCUT2D eigenvalue weighted by molar-refractivity contribution is -0.380. The van der Waals surface area contributed by atoms with Gasteiger partial charge < -0.3 is 4.90 Å². The Morgan fingerprint density at radius 1 is 1.25 bits per heavy atom. The molecule has 0 fully saturated rings. The first kappa shape index (κ1) is 20.4. The summed E-state index contributed by atoms with van der Waals surface area (Å²) in [6.45, 7) is 1.13. The molecule has 0 spiro atoms. The molecule has 2 heterocycles. The highest BCUT2D eigenvalue weighted by Gasteiger charge is 2.18. The highest BCUT2D eigenvalue weighted by molar-refractivity contribution is 7.22. The zero-order valence-corrected chi connectivity index (χ0v) is 17.6. The molecule has 3 aromatic rings. The number of thiazole rings is 1. The van der Waals surface area contributed by atoms with Crippen LogP contribution in [0.1, 0.15) is 4.88 Å². The Morgan fingerprint density at radius 2 is 2.04 bits per heavy atom. The summed E-state index contributed by atoms with van der Waals surface area (Å²) < 4.78 is 0.906. The van der Waals surface area contributed by atoms with Crippen LogP contribution in [0.15, 0.2) is 36.4 Å². The van der Waals surface area contributed by atoms with Crippen LogP contribution < -0.4 is 4.90 Å². The lowest BCUT2D eigenvalue weighted by Gasteiger charge is -2.20. The zero-order chi connectivity index (χ0) is 20.3. The number of benzene rings is 1. The molecule has 2 aromatic heterocycles. The van der Waals surface area contributed by atoms with E-state index in [9.17, 15) is 14.9 Å². The fourth-order valence-corrected chi connectivity index (χ4v) is 4.37. The van der Waals surface area contributed by atoms with E-state index >= 15 is 0 Å². The molecule has 0 aliphatic carbocycles. The van der Waals surface area contributed by atoms with Gasteiger partial charge in [-0.05, 0) is 44.4 Å². The number of halogens is 1. The number of fused-ring (bicyclic) bond motifs is 1. The van der Waals surface area contributed by atoms with Gasteiger partial charge in [-0.25, -0.2) is 4.98 Å². The van der Waals surface area contributed by atoms with E-state index < -0.39 is 4.92 Å². The van der Waals surface area contributed by atoms with E-state index in [1.807, 2.05) is 31.1 Å². The van der Waals surface area contributed by atoms with Gasteiger partial charge in [-0.15, -0.1) is 0 Å². The van der Waals surface area contributed by atoms with Crippen molar-refractivity contribution in [1.82, 2.24) is 9.88 Å². The van der Waals surface area contributed by atoms with Crippen LogP contribution in [0.2, 0.25) is 5.02 Å². The highest BCUT2D eigenvalue weighted by Crippen LogP contribution is 2.31. The average Bonchev–Trinajstić information content (AvgIpc) is 3.26. The highest BCUT2D eigenvalue weighted by atomic mass is 35.5. The van der Waals surface area contributed by atoms with Crippen molar-refractivity contribution in [1.29, 1.82) is 0 Å². The van der Waals surface area contributed by atoms with Crippen molar-refractivity contribution in [3.63, 3.8) is 0 Å². The molecule has 0 saturated carbocycles. The quantitative estimate of drug-likeness (QED) is 0.309. The first-order valence-corrected chi connectivity index (χ1v) is 10.3. The van der Waals surface area contributed by atoms with Crippen molar-refractivity contribution < 1.29 is 9.72 Å². The number of carbonyl (C=O) groups is 1. The topological polar surface area (TPSA) is 79.6 Å². The number of amides is 1. The molecule has 0 unspecified atom stereocenters. The van der Waals surface area contributed by atoms with Gasteiger partial charge in [0.05, 0.1) is 15.1 Å². The molecule has 146 valence electrons. The smallest absolute Gasteiger partial charge is 0.308 e. The molecule has 0 aliphatic heterocycles. The Hall–Kier alpha value is -2.33. The predicted molar refractivity (Wildman–Crippen MR) is 116 cm³/mol. The van der Waals surface area contributed by atoms with Gasteiger partial charge >= 0.3 is 5.00 Å². The second-order valence-electron chi connectivity index (χ2n) is 6.17. The fraction of sp³-hybridized carbons (Fsp3) is 0.222. The van der Waals surface area contributed by atoms with E-state index in [2.05, 4.69) is 4.98 Å². The molecular formula is C18H17ClN4O3S2. The number of nitrogens with zero attached hydrogens (tertiary/aromatic N) is 4. The van der Waals surface area contributed by atoms with E-state index in [1.165, 1.54) is 23.5 Å². The van der Waals surface area contributed by atoms with E-state index in [0.717, 1.165) is 21.6 Å². The molecule has 1 amide bonds. The Morgan fingerprint density at radius 3 is 2.71 bits per heavy atom. The van der Waals surface area contributed by atoms with Gasteiger partial charge in [0, 0.05) is 35.1 Å². The minimum absolute atomic E-state index is 0.0413. The van der Waals surface area contributed by atoms with Gasteiger partial charge in [0.15, 0.2) is 5.13 Å². The average molecular weight is 437 g/mol. The molecule has 0 atom stereocenters. The normalized spacial score (nSPS) is 11.6. The summed E-state index contributed by atoms with van der Waals surface area (Å²) >= 11 is 8.47. The standard InChI is InChI=1S/C18H17ClN4O3S2/c1-21(2)9-10-22(18-20-14-6-3-12(19)11-15(14)28-18)16(24)7-4-13-5-8-17(27-13)23(25)26/h3-8,11H,9-10H2,1-2H3/b7-4+. The minimum atomic E-state index is -0.445. The number of hydrogen-bond acceptors (Lipinski definition) is 7. The number of aromatic nitrogens is 1. The molecule has 0 saturated heterocycles. The molecule has 0 radical (unpaired) electrons. The van der Waals surface area contributed by atoms with Crippen LogP contribution in [0.25, 0.3) is 16.3 Å². The molecule has 3 rings (SSSR count). The van der Waals surface area contributed by atoms with E-state index in [0.29, 0.717) is 28.1 Å². The Kier molecular flexibility index (Phi) is 6.40. The van der Waals surface area contributed by atoms with E-state index in [-0.39, 0.29) is 10.9 Å². The number of anilines is 1. The molecule has 10 heteroatoms. The first-order valence-electron chi connectivity index (χ1n) is 8.28. The summed E-state index contributed by atoms with van der Waals surface area (Å²) in [5.41, 5.74) is 0.782. The third kappa shape index (κ3) is 4.93. The van der Waals surface area contributed by atoms with Crippen molar-refractivity contribution in [3.8, 4) is 0 Å². The summed E-state index contributed by atoms with van der Waals surface area (Å²) in [4.78, 5) is 32.0. The number of nitro groups is 1. The van der Waals surface area contributed by atoms with Gasteiger partial charge in [-0.1, -0.05) is 34.3 Å². The zero-order valence-electron chi connectivity index (χ0n) is 15.2. The van der Waals surface area contributed by atoms with Crippen LogP contribution in [0.4, 0.5) is 10.1 Å². The Labute approximate surface area is 174 Å². The monoisotopic (exact) mass is 436 g/mol. The number of carbonyl (C=O) groups excluding carboxylic acids is 1. The number of rotatable bonds is 7. The molecule has 1 aromatic carbocycles. The van der Waals surface area contributed by atoms with Gasteiger partial charge in [0.25, 0.3) is 5.91 Å². The van der Waals surface area contributed by atoms with Gasteiger partial charge in [-0.3, -0.25) is 19.8 Å². The second kappa shape index (κ2) is 8.78. The largest absolute Gasteiger partial charge is 0.324 e. The van der Waals surface area contributed by atoms with Gasteiger partial charge in [0.2, 0.25) is 0 Å². The third-order valence-electron chi connectivity index (χ3n) is 3.79. The first-order chi connectivity index (χ1) is 13.3. The summed E-state index contributed by atoms with van der Waals surface area (Å²) in [6, 6.07) is 8.47. The summed E-state index contributed by atoms with van der Waals surface area (Å²) in [7, 11) is 3.86. The maximum absolute atomic E-state index is 12.8.